The number of furan rings is 1. The third-order valence-corrected chi connectivity index (χ3v) is 5.02. The van der Waals surface area contributed by atoms with Gasteiger partial charge < -0.3 is 15.1 Å². The van der Waals surface area contributed by atoms with Gasteiger partial charge in [0.1, 0.15) is 11.8 Å². The summed E-state index contributed by atoms with van der Waals surface area (Å²) in [6.45, 7) is 0. The molecule has 0 spiro atoms. The molecule has 1 amide bonds. The first-order valence-electron chi connectivity index (χ1n) is 6.94. The molecule has 0 aliphatic carbocycles. The van der Waals surface area contributed by atoms with Crippen LogP contribution >= 0.6 is 28.3 Å². The zero-order chi connectivity index (χ0) is 13.7. The van der Waals surface area contributed by atoms with E-state index in [1.807, 2.05) is 18.2 Å². The molecule has 2 aromatic rings. The summed E-state index contributed by atoms with van der Waals surface area (Å²) in [6, 6.07) is 6.84. The molecule has 2 fully saturated rings. The van der Waals surface area contributed by atoms with Gasteiger partial charge in [0.25, 0.3) is 5.91 Å². The van der Waals surface area contributed by atoms with Crippen LogP contribution in [0.2, 0.25) is 0 Å². The molecule has 3 atom stereocenters. The summed E-state index contributed by atoms with van der Waals surface area (Å²) >= 11 is 3.43. The fourth-order valence-corrected chi connectivity index (χ4v) is 3.78. The number of halogens is 2. The maximum absolute atomic E-state index is 12.4. The zero-order valence-electron chi connectivity index (χ0n) is 11.3. The van der Waals surface area contributed by atoms with E-state index >= 15 is 0 Å². The van der Waals surface area contributed by atoms with E-state index in [0.717, 1.165) is 21.9 Å². The van der Waals surface area contributed by atoms with Gasteiger partial charge in [-0.25, -0.2) is 0 Å². The van der Waals surface area contributed by atoms with Crippen LogP contribution in [0.25, 0.3) is 11.0 Å². The van der Waals surface area contributed by atoms with E-state index in [1.165, 1.54) is 12.8 Å². The van der Waals surface area contributed by atoms with Gasteiger partial charge >= 0.3 is 0 Å². The van der Waals surface area contributed by atoms with Crippen LogP contribution in [-0.4, -0.2) is 24.0 Å². The second-order valence-corrected chi connectivity index (χ2v) is 6.51. The first-order chi connectivity index (χ1) is 9.70. The van der Waals surface area contributed by atoms with Crippen LogP contribution < -0.4 is 10.6 Å². The quantitative estimate of drug-likeness (QED) is 0.852. The first kappa shape index (κ1) is 14.9. The van der Waals surface area contributed by atoms with Gasteiger partial charge in [-0.05, 0) is 53.4 Å². The van der Waals surface area contributed by atoms with Crippen molar-refractivity contribution in [2.45, 2.75) is 37.4 Å². The summed E-state index contributed by atoms with van der Waals surface area (Å²) in [4.78, 5) is 12.4. The molecule has 0 radical (unpaired) electrons. The second-order valence-electron chi connectivity index (χ2n) is 5.66. The fraction of sp³-hybridized carbons (Fsp3) is 0.400. The van der Waals surface area contributed by atoms with Crippen LogP contribution in [0.5, 0.6) is 0 Å². The molecule has 112 valence electrons. The van der Waals surface area contributed by atoms with Crippen molar-refractivity contribution in [2.24, 2.45) is 0 Å². The highest BCUT2D eigenvalue weighted by Gasteiger charge is 2.39. The second kappa shape index (κ2) is 5.63. The van der Waals surface area contributed by atoms with E-state index < -0.39 is 0 Å². The van der Waals surface area contributed by atoms with Crippen molar-refractivity contribution in [1.82, 2.24) is 10.6 Å². The van der Waals surface area contributed by atoms with Gasteiger partial charge in [0, 0.05) is 29.1 Å². The van der Waals surface area contributed by atoms with Crippen LogP contribution in [0.3, 0.4) is 0 Å². The van der Waals surface area contributed by atoms with Gasteiger partial charge in [-0.15, -0.1) is 12.4 Å². The topological polar surface area (TPSA) is 54.3 Å². The fourth-order valence-electron chi connectivity index (χ4n) is 3.37. The lowest BCUT2D eigenvalue weighted by Crippen LogP contribution is -2.42. The molecule has 2 aliphatic heterocycles. The van der Waals surface area contributed by atoms with Crippen molar-refractivity contribution in [2.75, 3.05) is 0 Å². The molecule has 6 heteroatoms. The van der Waals surface area contributed by atoms with E-state index in [9.17, 15) is 4.79 Å². The van der Waals surface area contributed by atoms with Crippen molar-refractivity contribution >= 4 is 45.2 Å². The molecule has 3 heterocycles. The average molecular weight is 372 g/mol. The first-order valence-corrected chi connectivity index (χ1v) is 7.73. The maximum Gasteiger partial charge on any atom is 0.251 e. The minimum atomic E-state index is -0.000602. The van der Waals surface area contributed by atoms with Crippen LogP contribution in [0, 0.1) is 0 Å². The summed E-state index contributed by atoms with van der Waals surface area (Å²) in [5.41, 5.74) is 1.47. The molecule has 2 aliphatic rings. The molecular formula is C15H16BrClN2O2. The Kier molecular flexibility index (Phi) is 3.99. The van der Waals surface area contributed by atoms with E-state index in [2.05, 4.69) is 26.6 Å². The molecule has 1 aromatic carbocycles. The molecule has 1 aromatic heterocycles. The number of benzene rings is 1. The lowest BCUT2D eigenvalue weighted by atomic mass is 9.95. The molecular weight excluding hydrogens is 356 g/mol. The SMILES string of the molecule is Cl.O=C(N[C@@H]1C[C@H]2CC[C@@H]1N2)c1ccc2occ(Br)c2c1. The maximum atomic E-state index is 12.4. The predicted molar refractivity (Wildman–Crippen MR) is 87.0 cm³/mol. The molecule has 2 bridgehead atoms. The molecule has 2 saturated heterocycles. The van der Waals surface area contributed by atoms with E-state index in [0.29, 0.717) is 17.6 Å². The monoisotopic (exact) mass is 370 g/mol. The van der Waals surface area contributed by atoms with Gasteiger partial charge in [-0.1, -0.05) is 0 Å². The lowest BCUT2D eigenvalue weighted by molar-refractivity contribution is 0.0931. The van der Waals surface area contributed by atoms with Gasteiger partial charge in [0.15, 0.2) is 0 Å². The summed E-state index contributed by atoms with van der Waals surface area (Å²) in [7, 11) is 0. The van der Waals surface area contributed by atoms with Gasteiger partial charge in [0.05, 0.1) is 4.47 Å². The summed E-state index contributed by atoms with van der Waals surface area (Å²) < 4.78 is 6.25. The van der Waals surface area contributed by atoms with Gasteiger partial charge in [-0.3, -0.25) is 4.79 Å². The van der Waals surface area contributed by atoms with Crippen LogP contribution in [0.4, 0.5) is 0 Å². The third-order valence-electron chi connectivity index (χ3n) is 4.40. The normalized spacial score (nSPS) is 26.8. The van der Waals surface area contributed by atoms with Crippen molar-refractivity contribution in [1.29, 1.82) is 0 Å². The lowest BCUT2D eigenvalue weighted by Gasteiger charge is -2.21. The largest absolute Gasteiger partial charge is 0.463 e. The number of carbonyl (C=O) groups is 1. The minimum absolute atomic E-state index is 0. The van der Waals surface area contributed by atoms with Crippen LogP contribution in [0.1, 0.15) is 29.6 Å². The third kappa shape index (κ3) is 2.58. The smallest absolute Gasteiger partial charge is 0.251 e. The summed E-state index contributed by atoms with van der Waals surface area (Å²) in [5, 5.41) is 7.62. The Morgan fingerprint density at radius 1 is 1.38 bits per heavy atom. The van der Waals surface area contributed by atoms with Gasteiger partial charge in [-0.2, -0.15) is 0 Å². The van der Waals surface area contributed by atoms with E-state index in [4.69, 9.17) is 4.42 Å². The highest BCUT2D eigenvalue weighted by atomic mass is 79.9. The Morgan fingerprint density at radius 3 is 2.95 bits per heavy atom. The van der Waals surface area contributed by atoms with Gasteiger partial charge in [0.2, 0.25) is 0 Å². The molecule has 21 heavy (non-hydrogen) atoms. The van der Waals surface area contributed by atoms with E-state index in [-0.39, 0.29) is 24.4 Å². The number of hydrogen-bond acceptors (Lipinski definition) is 3. The predicted octanol–water partition coefficient (Wildman–Crippen LogP) is 3.24. The number of nitrogens with one attached hydrogen (secondary N) is 2. The number of rotatable bonds is 2. The number of amides is 1. The number of carbonyl (C=O) groups excluding carboxylic acids is 1. The zero-order valence-corrected chi connectivity index (χ0v) is 13.7. The van der Waals surface area contributed by atoms with Crippen molar-refractivity contribution in [3.8, 4) is 0 Å². The highest BCUT2D eigenvalue weighted by Crippen LogP contribution is 2.29. The summed E-state index contributed by atoms with van der Waals surface area (Å²) in [6.07, 6.45) is 5.10. The molecule has 4 rings (SSSR count). The van der Waals surface area contributed by atoms with Crippen molar-refractivity contribution in [3.05, 3.63) is 34.5 Å². The van der Waals surface area contributed by atoms with Crippen molar-refractivity contribution in [3.63, 3.8) is 0 Å². The Hall–Kier alpha value is -1.04. The Morgan fingerprint density at radius 2 is 2.24 bits per heavy atom. The Bertz CT molecular complexity index is 687. The van der Waals surface area contributed by atoms with Crippen LogP contribution in [0.15, 0.2) is 33.4 Å². The molecule has 0 unspecified atom stereocenters. The average Bonchev–Trinajstić information content (AvgIpc) is 3.15. The molecule has 0 saturated carbocycles. The number of fused-ring (bicyclic) bond motifs is 3. The molecule has 4 nitrogen and oxygen atoms in total. The Balaban J connectivity index is 0.00000132. The number of hydrogen-bond donors (Lipinski definition) is 2. The van der Waals surface area contributed by atoms with Crippen molar-refractivity contribution < 1.29 is 9.21 Å². The standard InChI is InChI=1S/C15H15BrN2O2.ClH/c16-11-7-20-14-4-1-8(5-10(11)14)15(19)18-13-6-9-2-3-12(13)17-9;/h1,4-5,7,9,12-13,17H,2-3,6H2,(H,18,19);1H/t9-,12+,13-;/m1./s1. The Labute approximate surface area is 137 Å². The summed E-state index contributed by atoms with van der Waals surface area (Å²) in [5.74, 6) is -0.000602. The highest BCUT2D eigenvalue weighted by molar-refractivity contribution is 9.10. The molecule has 2 N–H and O–H groups in total. The van der Waals surface area contributed by atoms with E-state index in [1.54, 1.807) is 6.26 Å². The minimum Gasteiger partial charge on any atom is -0.463 e. The van der Waals surface area contributed by atoms with Crippen LogP contribution in [-0.2, 0) is 0 Å².